The topological polar surface area (TPSA) is 99.6 Å². The van der Waals surface area contributed by atoms with E-state index in [9.17, 15) is 15.1 Å². The minimum Gasteiger partial charge on any atom is -0.489 e. The van der Waals surface area contributed by atoms with Crippen molar-refractivity contribution in [1.82, 2.24) is 9.78 Å². The molecule has 33 heavy (non-hydrogen) atoms. The fraction of sp³-hybridized carbons (Fsp3) is 0.480. The molecule has 176 valence electrons. The number of fused-ring (bicyclic) bond motifs is 1. The number of aliphatic hydroxyl groups is 1. The third kappa shape index (κ3) is 5.27. The number of hydrogen-bond acceptors (Lipinski definition) is 5. The number of nitrogens with zero attached hydrogens (tertiary/aromatic N) is 3. The fourth-order valence-corrected chi connectivity index (χ4v) is 4.33. The number of urea groups is 1. The van der Waals surface area contributed by atoms with Crippen LogP contribution in [0.1, 0.15) is 58.4 Å². The quantitative estimate of drug-likeness (QED) is 0.139. The largest absolute Gasteiger partial charge is 0.535 e. The van der Waals surface area contributed by atoms with Crippen molar-refractivity contribution in [1.29, 1.82) is 0 Å². The summed E-state index contributed by atoms with van der Waals surface area (Å²) in [5.74, 6) is 0.665. The van der Waals surface area contributed by atoms with Crippen molar-refractivity contribution in [3.63, 3.8) is 0 Å². The van der Waals surface area contributed by atoms with Gasteiger partial charge in [0, 0.05) is 23.6 Å². The van der Waals surface area contributed by atoms with E-state index in [0.717, 1.165) is 49.4 Å². The van der Waals surface area contributed by atoms with Gasteiger partial charge >= 0.3 is 6.03 Å². The van der Waals surface area contributed by atoms with E-state index in [1.54, 1.807) is 18.2 Å². The summed E-state index contributed by atoms with van der Waals surface area (Å²) in [6.45, 7) is 7.84. The number of aromatic nitrogens is 2. The van der Waals surface area contributed by atoms with Gasteiger partial charge in [-0.3, -0.25) is 4.68 Å². The zero-order valence-electron chi connectivity index (χ0n) is 19.3. The van der Waals surface area contributed by atoms with Crippen LogP contribution in [0, 0.1) is 5.92 Å². The van der Waals surface area contributed by atoms with E-state index in [0.29, 0.717) is 28.5 Å². The monoisotopic (exact) mass is 453 g/mol. The van der Waals surface area contributed by atoms with Crippen molar-refractivity contribution in [2.45, 2.75) is 64.0 Å². The third-order valence-corrected chi connectivity index (χ3v) is 6.41. The lowest BCUT2D eigenvalue weighted by molar-refractivity contribution is -0.697. The smallest absolute Gasteiger partial charge is 0.489 e. The predicted molar refractivity (Wildman–Crippen MR) is 127 cm³/mol. The molecule has 0 radical (unpaired) electrons. The Bertz CT molecular complexity index is 1100. The third-order valence-electron chi connectivity index (χ3n) is 6.41. The summed E-state index contributed by atoms with van der Waals surface area (Å²) in [5.41, 5.74) is 1.19. The molecule has 2 fully saturated rings. The number of hydrogen-bond donors (Lipinski definition) is 3. The molecule has 8 heteroatoms. The highest BCUT2D eigenvalue weighted by molar-refractivity contribution is 6.00. The summed E-state index contributed by atoms with van der Waals surface area (Å²) in [5, 5.41) is 29.2. The van der Waals surface area contributed by atoms with Gasteiger partial charge in [-0.2, -0.15) is 15.2 Å². The molecule has 0 aliphatic heterocycles. The second kappa shape index (κ2) is 9.39. The first-order valence-corrected chi connectivity index (χ1v) is 11.7. The van der Waals surface area contributed by atoms with Crippen molar-refractivity contribution in [3.8, 4) is 5.75 Å². The molecule has 2 saturated carbocycles. The minimum atomic E-state index is -0.646. The number of nitrogens with one attached hydrogen (secondary N) is 1. The number of hydroxylamine groups is 1. The molecular formula is C25H33N4O4+. The number of carbonyl (C=O) groups excluding carboxylic acids is 1. The molecule has 0 bridgehead atoms. The Kier molecular flexibility index (Phi) is 6.56. The summed E-state index contributed by atoms with van der Waals surface area (Å²) in [4.78, 5) is 12.8. The van der Waals surface area contributed by atoms with E-state index in [2.05, 4.69) is 11.9 Å². The number of benzene rings is 1. The number of allylic oxidation sites excluding steroid dienone is 3. The number of ether oxygens (including phenoxy) is 1. The molecule has 8 nitrogen and oxygen atoms in total. The van der Waals surface area contributed by atoms with Crippen LogP contribution in [0.3, 0.4) is 0 Å². The summed E-state index contributed by atoms with van der Waals surface area (Å²) < 4.78 is 8.39. The Morgan fingerprint density at radius 1 is 1.36 bits per heavy atom. The zero-order chi connectivity index (χ0) is 23.6. The Morgan fingerprint density at radius 3 is 2.73 bits per heavy atom. The maximum absolute atomic E-state index is 12.8. The molecule has 0 saturated heterocycles. The van der Waals surface area contributed by atoms with Gasteiger partial charge in [0.1, 0.15) is 0 Å². The van der Waals surface area contributed by atoms with Crippen LogP contribution in [-0.2, 0) is 0 Å². The Hall–Kier alpha value is -3.13. The van der Waals surface area contributed by atoms with E-state index in [-0.39, 0.29) is 12.0 Å². The van der Waals surface area contributed by atoms with Gasteiger partial charge in [0.05, 0.1) is 23.8 Å². The fourth-order valence-electron chi connectivity index (χ4n) is 4.33. The molecule has 2 aromatic rings. The molecule has 1 aromatic heterocycles. The van der Waals surface area contributed by atoms with Crippen LogP contribution in [0.2, 0.25) is 0 Å². The van der Waals surface area contributed by atoms with Crippen molar-refractivity contribution < 1.29 is 24.6 Å². The molecule has 0 spiro atoms. The van der Waals surface area contributed by atoms with Gasteiger partial charge < -0.3 is 15.1 Å². The second-order valence-electron chi connectivity index (χ2n) is 9.21. The van der Waals surface area contributed by atoms with Gasteiger partial charge in [0.15, 0.2) is 17.1 Å². The van der Waals surface area contributed by atoms with Crippen LogP contribution in [0.25, 0.3) is 10.9 Å². The number of rotatable bonds is 7. The van der Waals surface area contributed by atoms with Gasteiger partial charge in [0.2, 0.25) is 0 Å². The van der Waals surface area contributed by atoms with Gasteiger partial charge in [-0.25, -0.2) is 0 Å². The molecule has 4 rings (SSSR count). The molecule has 0 atom stereocenters. The van der Waals surface area contributed by atoms with Crippen LogP contribution in [-0.4, -0.2) is 48.8 Å². The van der Waals surface area contributed by atoms with Gasteiger partial charge in [0.25, 0.3) is 0 Å². The maximum atomic E-state index is 12.8. The van der Waals surface area contributed by atoms with Crippen molar-refractivity contribution in [3.05, 3.63) is 43.1 Å². The number of carbonyl (C=O) groups is 1. The van der Waals surface area contributed by atoms with Crippen molar-refractivity contribution in [2.75, 3.05) is 11.9 Å². The van der Waals surface area contributed by atoms with Crippen LogP contribution < -0.4 is 10.1 Å². The minimum absolute atomic E-state index is 0.167. The van der Waals surface area contributed by atoms with E-state index < -0.39 is 11.6 Å². The summed E-state index contributed by atoms with van der Waals surface area (Å²) in [7, 11) is 0. The average molecular weight is 454 g/mol. The molecule has 1 heterocycles. The van der Waals surface area contributed by atoms with E-state index in [1.807, 2.05) is 36.9 Å². The van der Waals surface area contributed by atoms with Gasteiger partial charge in [-0.1, -0.05) is 18.7 Å². The van der Waals surface area contributed by atoms with Crippen molar-refractivity contribution >= 4 is 28.3 Å². The highest BCUT2D eigenvalue weighted by Crippen LogP contribution is 2.36. The van der Waals surface area contributed by atoms with E-state index in [1.165, 1.54) is 0 Å². The summed E-state index contributed by atoms with van der Waals surface area (Å²) in [6, 6.07) is 3.22. The maximum Gasteiger partial charge on any atom is 0.535 e. The normalized spacial score (nSPS) is 24.0. The van der Waals surface area contributed by atoms with Crippen molar-refractivity contribution in [2.24, 2.45) is 5.92 Å². The highest BCUT2D eigenvalue weighted by atomic mass is 16.5. The lowest BCUT2D eigenvalue weighted by Crippen LogP contribution is -2.31. The van der Waals surface area contributed by atoms with Gasteiger partial charge in [-0.05, 0) is 69.3 Å². The zero-order valence-corrected chi connectivity index (χ0v) is 19.3. The first-order chi connectivity index (χ1) is 15.8. The second-order valence-corrected chi connectivity index (χ2v) is 9.21. The standard InChI is InChI=1S/C25H32N4O4/c1-4-6-7-22(17-8-9-17)29(32)24(30)26-21-14-18-16-28(19-10-12-25(3,31)13-11-19)27-20(18)15-23(21)33-5-2/h4,6-7,14-17,19,31H,1,5,8-13H2,2-3H3,(H-,26,30,32)/p+1/b7-6-,29-22-. The molecule has 2 amide bonds. The Labute approximate surface area is 193 Å². The summed E-state index contributed by atoms with van der Waals surface area (Å²) in [6.07, 6.45) is 12.1. The van der Waals surface area contributed by atoms with Gasteiger partial charge in [-0.15, -0.1) is 0 Å². The molecule has 2 aliphatic rings. The molecule has 2 aliphatic carbocycles. The lowest BCUT2D eigenvalue weighted by Gasteiger charge is -2.33. The molecule has 0 unspecified atom stereocenters. The number of anilines is 1. The van der Waals surface area contributed by atoms with E-state index >= 15 is 0 Å². The number of amides is 2. The van der Waals surface area contributed by atoms with Crippen LogP contribution in [0.15, 0.2) is 43.1 Å². The van der Waals surface area contributed by atoms with Crippen LogP contribution >= 0.6 is 0 Å². The summed E-state index contributed by atoms with van der Waals surface area (Å²) >= 11 is 0. The van der Waals surface area contributed by atoms with E-state index in [4.69, 9.17) is 9.84 Å². The van der Waals surface area contributed by atoms with Crippen LogP contribution in [0.5, 0.6) is 5.75 Å². The molecular weight excluding hydrogens is 420 g/mol. The molecule has 3 N–H and O–H groups in total. The first kappa shape index (κ1) is 23.0. The highest BCUT2D eigenvalue weighted by Gasteiger charge is 2.34. The Morgan fingerprint density at radius 2 is 2.09 bits per heavy atom. The first-order valence-electron chi connectivity index (χ1n) is 11.7. The predicted octanol–water partition coefficient (Wildman–Crippen LogP) is 4.83. The average Bonchev–Trinajstić information content (AvgIpc) is 3.53. The van der Waals surface area contributed by atoms with Crippen LogP contribution in [0.4, 0.5) is 10.5 Å². The Balaban J connectivity index is 1.61. The lowest BCUT2D eigenvalue weighted by atomic mass is 9.84. The molecule has 1 aromatic carbocycles. The SMILES string of the molecule is C=C/C=C\C(C1CC1)=[N+](\O)C(=O)Nc1cc2cn(C3CCC(C)(O)CC3)nc2cc1OCC.